The van der Waals surface area contributed by atoms with Crippen LogP contribution < -0.4 is 5.32 Å². The summed E-state index contributed by atoms with van der Waals surface area (Å²) in [5, 5.41) is 2.96. The molecule has 1 atom stereocenters. The van der Waals surface area contributed by atoms with Crippen LogP contribution in [-0.2, 0) is 16.1 Å². The average molecular weight is 338 g/mol. The molecule has 0 fully saturated rings. The van der Waals surface area contributed by atoms with Crippen LogP contribution >= 0.6 is 11.8 Å². The van der Waals surface area contributed by atoms with Crippen LogP contribution in [-0.4, -0.2) is 23.5 Å². The second kappa shape index (κ2) is 6.93. The van der Waals surface area contributed by atoms with Crippen LogP contribution in [0.15, 0.2) is 53.9 Å². The number of rotatable bonds is 5. The highest BCUT2D eigenvalue weighted by atomic mass is 32.2. The predicted molar refractivity (Wildman–Crippen MR) is 97.7 cm³/mol. The zero-order chi connectivity index (χ0) is 17.1. The van der Waals surface area contributed by atoms with E-state index in [4.69, 9.17) is 0 Å². The number of nitrogens with zero attached hydrogens (tertiary/aromatic N) is 1. The summed E-state index contributed by atoms with van der Waals surface area (Å²) >= 11 is 1.60. The van der Waals surface area contributed by atoms with Crippen molar-refractivity contribution < 1.29 is 9.59 Å². The molecule has 4 nitrogen and oxygen atoms in total. The molecule has 0 aromatic heterocycles. The zero-order valence-electron chi connectivity index (χ0n) is 13.4. The number of fused-ring (bicyclic) bond motifs is 1. The fourth-order valence-corrected chi connectivity index (χ4v) is 3.67. The van der Waals surface area contributed by atoms with Gasteiger partial charge in [-0.15, -0.1) is 11.8 Å². The van der Waals surface area contributed by atoms with Gasteiger partial charge in [-0.1, -0.05) is 43.0 Å². The Morgan fingerprint density at radius 1 is 1.29 bits per heavy atom. The van der Waals surface area contributed by atoms with E-state index in [2.05, 4.69) is 11.9 Å². The third-order valence-corrected chi connectivity index (χ3v) is 4.96. The van der Waals surface area contributed by atoms with Gasteiger partial charge in [0.05, 0.1) is 0 Å². The zero-order valence-corrected chi connectivity index (χ0v) is 14.2. The van der Waals surface area contributed by atoms with Crippen molar-refractivity contribution in [2.24, 2.45) is 0 Å². The third-order valence-electron chi connectivity index (χ3n) is 4.17. The van der Waals surface area contributed by atoms with E-state index >= 15 is 0 Å². The highest BCUT2D eigenvalue weighted by Gasteiger charge is 2.34. The maximum atomic E-state index is 12.9. The summed E-state index contributed by atoms with van der Waals surface area (Å²) in [6, 6.07) is 12.8. The summed E-state index contributed by atoms with van der Waals surface area (Å²) in [6.07, 6.45) is 4.45. The van der Waals surface area contributed by atoms with E-state index in [1.165, 1.54) is 4.90 Å². The molecule has 0 bridgehead atoms. The number of nitrogens with one attached hydrogen (secondary N) is 1. The minimum Gasteiger partial charge on any atom is -0.325 e. The maximum absolute atomic E-state index is 12.9. The van der Waals surface area contributed by atoms with Crippen LogP contribution in [0.5, 0.6) is 0 Å². The molecule has 1 aliphatic heterocycles. The number of carbonyl (C=O) groups excluding carboxylic acids is 2. The summed E-state index contributed by atoms with van der Waals surface area (Å²) in [5.41, 5.74) is 3.48. The molecule has 1 N–H and O–H groups in total. The van der Waals surface area contributed by atoms with E-state index in [1.807, 2.05) is 48.7 Å². The fraction of sp³-hybridized carbons (Fsp3) is 0.158. The van der Waals surface area contributed by atoms with Crippen LogP contribution in [0.4, 0.5) is 5.69 Å². The predicted octanol–water partition coefficient (Wildman–Crippen LogP) is 3.70. The molecular formula is C19H18N2O2S. The molecular weight excluding hydrogens is 320 g/mol. The van der Waals surface area contributed by atoms with Crippen molar-refractivity contribution in [2.75, 3.05) is 11.6 Å². The molecule has 1 unspecified atom stereocenters. The van der Waals surface area contributed by atoms with Gasteiger partial charge in [-0.3, -0.25) is 9.59 Å². The summed E-state index contributed by atoms with van der Waals surface area (Å²) in [6.45, 7) is 4.30. The standard InChI is InChI=1S/C19H18N2O2S/c1-3-14-16(9-6-10-17(14)24-2)20-19(23)18-15-8-5-4-7-13(15)11-21(18)12-22/h3-10,12,18H,1,11H2,2H3,(H,20,23). The lowest BCUT2D eigenvalue weighted by molar-refractivity contribution is -0.129. The van der Waals surface area contributed by atoms with Crippen molar-refractivity contribution in [3.63, 3.8) is 0 Å². The van der Waals surface area contributed by atoms with Gasteiger partial charge in [-0.2, -0.15) is 0 Å². The molecule has 2 aromatic carbocycles. The van der Waals surface area contributed by atoms with Gasteiger partial charge in [0, 0.05) is 22.7 Å². The third kappa shape index (κ3) is 2.83. The Labute approximate surface area is 145 Å². The van der Waals surface area contributed by atoms with Gasteiger partial charge >= 0.3 is 0 Å². The molecule has 122 valence electrons. The first kappa shape index (κ1) is 16.3. The largest absolute Gasteiger partial charge is 0.325 e. The van der Waals surface area contributed by atoms with Gasteiger partial charge < -0.3 is 10.2 Å². The van der Waals surface area contributed by atoms with Gasteiger partial charge in [-0.05, 0) is 29.5 Å². The lowest BCUT2D eigenvalue weighted by atomic mass is 10.0. The van der Waals surface area contributed by atoms with Crippen molar-refractivity contribution >= 4 is 35.8 Å². The molecule has 0 spiro atoms. The van der Waals surface area contributed by atoms with Crippen molar-refractivity contribution in [2.45, 2.75) is 17.5 Å². The van der Waals surface area contributed by atoms with E-state index < -0.39 is 6.04 Å². The molecule has 2 amide bonds. The highest BCUT2D eigenvalue weighted by molar-refractivity contribution is 7.98. The van der Waals surface area contributed by atoms with Crippen LogP contribution in [0.25, 0.3) is 6.08 Å². The molecule has 5 heteroatoms. The molecule has 2 aromatic rings. The Hall–Kier alpha value is -2.53. The number of hydrogen-bond donors (Lipinski definition) is 1. The van der Waals surface area contributed by atoms with Gasteiger partial charge in [0.2, 0.25) is 6.41 Å². The van der Waals surface area contributed by atoms with Crippen LogP contribution in [0.2, 0.25) is 0 Å². The first-order valence-corrected chi connectivity index (χ1v) is 8.81. The Morgan fingerprint density at radius 3 is 2.79 bits per heavy atom. The SMILES string of the molecule is C=Cc1c(NC(=O)C2c3ccccc3CN2C=O)cccc1SC. The Balaban J connectivity index is 1.93. The summed E-state index contributed by atoms with van der Waals surface area (Å²) < 4.78 is 0. The number of carbonyl (C=O) groups is 2. The molecule has 24 heavy (non-hydrogen) atoms. The van der Waals surface area contributed by atoms with Crippen LogP contribution in [0.1, 0.15) is 22.7 Å². The number of amides is 2. The molecule has 1 aliphatic rings. The van der Waals surface area contributed by atoms with E-state index in [0.717, 1.165) is 28.0 Å². The Kier molecular flexibility index (Phi) is 4.71. The van der Waals surface area contributed by atoms with Gasteiger partial charge in [0.25, 0.3) is 5.91 Å². The second-order valence-electron chi connectivity index (χ2n) is 5.49. The first-order chi connectivity index (χ1) is 11.7. The lowest BCUT2D eigenvalue weighted by Gasteiger charge is -2.21. The smallest absolute Gasteiger partial charge is 0.251 e. The lowest BCUT2D eigenvalue weighted by Crippen LogP contribution is -2.31. The number of benzene rings is 2. The van der Waals surface area contributed by atoms with Crippen molar-refractivity contribution in [3.8, 4) is 0 Å². The van der Waals surface area contributed by atoms with Crippen LogP contribution in [0.3, 0.4) is 0 Å². The van der Waals surface area contributed by atoms with Crippen LogP contribution in [0, 0.1) is 0 Å². The summed E-state index contributed by atoms with van der Waals surface area (Å²) in [4.78, 5) is 26.8. The molecule has 0 saturated heterocycles. The minimum atomic E-state index is -0.602. The molecule has 3 rings (SSSR count). The van der Waals surface area contributed by atoms with E-state index in [9.17, 15) is 9.59 Å². The minimum absolute atomic E-state index is 0.214. The van der Waals surface area contributed by atoms with Gasteiger partial charge in [-0.25, -0.2) is 0 Å². The average Bonchev–Trinajstić information content (AvgIpc) is 3.00. The second-order valence-corrected chi connectivity index (χ2v) is 6.34. The molecule has 0 saturated carbocycles. The fourth-order valence-electron chi connectivity index (χ4n) is 3.04. The first-order valence-electron chi connectivity index (χ1n) is 7.58. The monoisotopic (exact) mass is 338 g/mol. The van der Waals surface area contributed by atoms with E-state index in [-0.39, 0.29) is 5.91 Å². The maximum Gasteiger partial charge on any atom is 0.251 e. The highest BCUT2D eigenvalue weighted by Crippen LogP contribution is 2.34. The van der Waals surface area contributed by atoms with Gasteiger partial charge in [0.15, 0.2) is 0 Å². The van der Waals surface area contributed by atoms with Gasteiger partial charge in [0.1, 0.15) is 6.04 Å². The number of anilines is 1. The number of hydrogen-bond acceptors (Lipinski definition) is 3. The van der Waals surface area contributed by atoms with Crippen molar-refractivity contribution in [3.05, 3.63) is 65.7 Å². The molecule has 0 radical (unpaired) electrons. The quantitative estimate of drug-likeness (QED) is 0.668. The normalized spacial score (nSPS) is 15.7. The van der Waals surface area contributed by atoms with E-state index in [1.54, 1.807) is 17.8 Å². The topological polar surface area (TPSA) is 49.4 Å². The molecule has 0 aliphatic carbocycles. The van der Waals surface area contributed by atoms with E-state index in [0.29, 0.717) is 12.2 Å². The molecule has 1 heterocycles. The van der Waals surface area contributed by atoms with Crippen molar-refractivity contribution in [1.82, 2.24) is 4.90 Å². The van der Waals surface area contributed by atoms with Crippen molar-refractivity contribution in [1.29, 1.82) is 0 Å². The Morgan fingerprint density at radius 2 is 2.08 bits per heavy atom. The summed E-state index contributed by atoms with van der Waals surface area (Å²) in [5.74, 6) is -0.214. The Bertz CT molecular complexity index is 804. The summed E-state index contributed by atoms with van der Waals surface area (Å²) in [7, 11) is 0. The number of thioether (sulfide) groups is 1.